The maximum atomic E-state index is 12.8. The van der Waals surface area contributed by atoms with Crippen molar-refractivity contribution in [1.82, 2.24) is 14.5 Å². The minimum Gasteiger partial charge on any atom is -0.485 e. The van der Waals surface area contributed by atoms with Gasteiger partial charge in [0.2, 0.25) is 0 Å². The Morgan fingerprint density at radius 3 is 2.52 bits per heavy atom. The van der Waals surface area contributed by atoms with Gasteiger partial charge in [0.25, 0.3) is 5.56 Å². The fourth-order valence-corrected chi connectivity index (χ4v) is 3.70. The van der Waals surface area contributed by atoms with Gasteiger partial charge in [-0.05, 0) is 55.9 Å². The minimum atomic E-state index is -0.0701. The van der Waals surface area contributed by atoms with Crippen LogP contribution in [0.5, 0.6) is 5.75 Å². The molecule has 1 aliphatic carbocycles. The van der Waals surface area contributed by atoms with Crippen LogP contribution in [0.2, 0.25) is 0 Å². The number of pyridine rings is 1. The van der Waals surface area contributed by atoms with Crippen LogP contribution in [0.25, 0.3) is 0 Å². The number of aryl methyl sites for hydroxylation is 2. The van der Waals surface area contributed by atoms with E-state index in [1.54, 1.807) is 18.5 Å². The molecule has 0 bridgehead atoms. The third-order valence-electron chi connectivity index (χ3n) is 5.61. The first kappa shape index (κ1) is 19.4. The van der Waals surface area contributed by atoms with Crippen LogP contribution in [0, 0.1) is 12.8 Å². The number of aromatic nitrogens is 3. The van der Waals surface area contributed by atoms with Gasteiger partial charge in [-0.2, -0.15) is 0 Å². The van der Waals surface area contributed by atoms with E-state index in [4.69, 9.17) is 4.74 Å². The fraction of sp³-hybridized carbons (Fsp3) is 0.375. The first-order valence-corrected chi connectivity index (χ1v) is 10.3. The highest BCUT2D eigenvalue weighted by Crippen LogP contribution is 2.33. The molecule has 150 valence electrons. The second kappa shape index (κ2) is 8.60. The molecule has 4 rings (SSSR count). The molecule has 1 fully saturated rings. The number of hydrogen-bond acceptors (Lipinski definition) is 4. The van der Waals surface area contributed by atoms with E-state index >= 15 is 0 Å². The molecule has 0 radical (unpaired) electrons. The largest absolute Gasteiger partial charge is 0.485 e. The molecule has 1 atom stereocenters. The molecule has 0 aliphatic heterocycles. The van der Waals surface area contributed by atoms with Gasteiger partial charge in [-0.3, -0.25) is 4.79 Å². The Kier molecular flexibility index (Phi) is 5.74. The average molecular weight is 389 g/mol. The summed E-state index contributed by atoms with van der Waals surface area (Å²) in [5, 5.41) is 0. The normalized spacial score (nSPS) is 14.6. The smallest absolute Gasteiger partial charge is 0.254 e. The van der Waals surface area contributed by atoms with Gasteiger partial charge in [-0.15, -0.1) is 0 Å². The van der Waals surface area contributed by atoms with Crippen LogP contribution in [-0.2, 0) is 13.0 Å². The Labute approximate surface area is 171 Å². The van der Waals surface area contributed by atoms with Crippen LogP contribution < -0.4 is 10.3 Å². The molecule has 2 heterocycles. The molecule has 0 spiro atoms. The summed E-state index contributed by atoms with van der Waals surface area (Å²) < 4.78 is 7.53. The molecule has 5 nitrogen and oxygen atoms in total. The number of hydrogen-bond donors (Lipinski definition) is 0. The molecule has 5 heteroatoms. The lowest BCUT2D eigenvalue weighted by Gasteiger charge is -2.20. The van der Waals surface area contributed by atoms with Gasteiger partial charge < -0.3 is 9.30 Å². The highest BCUT2D eigenvalue weighted by molar-refractivity contribution is 5.29. The Balaban J connectivity index is 1.46. The van der Waals surface area contributed by atoms with E-state index in [-0.39, 0.29) is 18.2 Å². The zero-order valence-electron chi connectivity index (χ0n) is 17.0. The van der Waals surface area contributed by atoms with E-state index < -0.39 is 0 Å². The molecular weight excluding hydrogens is 362 g/mol. The summed E-state index contributed by atoms with van der Waals surface area (Å²) in [6.45, 7) is 4.24. The zero-order chi connectivity index (χ0) is 20.2. The van der Waals surface area contributed by atoms with Gasteiger partial charge in [0.1, 0.15) is 12.4 Å². The molecule has 0 unspecified atom stereocenters. The molecule has 0 N–H and O–H groups in total. The lowest BCUT2D eigenvalue weighted by atomic mass is 10.0. The number of benzene rings is 1. The van der Waals surface area contributed by atoms with Crippen molar-refractivity contribution in [1.29, 1.82) is 0 Å². The summed E-state index contributed by atoms with van der Waals surface area (Å²) in [6, 6.07) is 13.9. The van der Waals surface area contributed by atoms with E-state index in [0.29, 0.717) is 11.6 Å². The van der Waals surface area contributed by atoms with Gasteiger partial charge >= 0.3 is 0 Å². The molecule has 2 aromatic heterocycles. The Morgan fingerprint density at radius 2 is 1.86 bits per heavy atom. The summed E-state index contributed by atoms with van der Waals surface area (Å²) in [6.07, 6.45) is 8.59. The van der Waals surface area contributed by atoms with Crippen molar-refractivity contribution < 1.29 is 4.74 Å². The predicted molar refractivity (Wildman–Crippen MR) is 113 cm³/mol. The van der Waals surface area contributed by atoms with Crippen LogP contribution in [0.4, 0.5) is 0 Å². The van der Waals surface area contributed by atoms with Crippen LogP contribution in [0.3, 0.4) is 0 Å². The lowest BCUT2D eigenvalue weighted by molar-refractivity contribution is 0.294. The van der Waals surface area contributed by atoms with Crippen molar-refractivity contribution >= 4 is 0 Å². The van der Waals surface area contributed by atoms with Crippen LogP contribution >= 0.6 is 0 Å². The Morgan fingerprint density at radius 1 is 1.14 bits per heavy atom. The Bertz CT molecular complexity index is 1010. The first-order valence-electron chi connectivity index (χ1n) is 10.3. The second-order valence-corrected chi connectivity index (χ2v) is 7.89. The monoisotopic (exact) mass is 389 g/mol. The molecule has 1 saturated carbocycles. The van der Waals surface area contributed by atoms with E-state index in [0.717, 1.165) is 23.6 Å². The molecule has 1 aliphatic rings. The topological polar surface area (TPSA) is 57.0 Å². The summed E-state index contributed by atoms with van der Waals surface area (Å²) in [5.74, 6) is 2.08. The summed E-state index contributed by atoms with van der Waals surface area (Å²) >= 11 is 0. The number of ether oxygens (including phenoxy) is 1. The van der Waals surface area contributed by atoms with Crippen LogP contribution in [-0.4, -0.2) is 14.5 Å². The van der Waals surface area contributed by atoms with E-state index in [2.05, 4.69) is 41.2 Å². The summed E-state index contributed by atoms with van der Waals surface area (Å²) in [7, 11) is 0. The van der Waals surface area contributed by atoms with Crippen molar-refractivity contribution in [2.24, 2.45) is 5.92 Å². The first-order chi connectivity index (χ1) is 14.1. The van der Waals surface area contributed by atoms with Crippen molar-refractivity contribution in [2.75, 3.05) is 0 Å². The molecule has 0 amide bonds. The van der Waals surface area contributed by atoms with Crippen LogP contribution in [0.15, 0.2) is 59.7 Å². The Hall–Kier alpha value is -2.95. The average Bonchev–Trinajstić information content (AvgIpc) is 3.56. The summed E-state index contributed by atoms with van der Waals surface area (Å²) in [4.78, 5) is 21.1. The van der Waals surface area contributed by atoms with E-state index in [1.165, 1.54) is 30.9 Å². The third kappa shape index (κ3) is 4.91. The number of nitrogens with zero attached hydrogens (tertiary/aromatic N) is 3. The van der Waals surface area contributed by atoms with Gasteiger partial charge in [0.15, 0.2) is 5.82 Å². The predicted octanol–water partition coefficient (Wildman–Crippen LogP) is 4.48. The number of rotatable bonds is 8. The maximum absolute atomic E-state index is 12.8. The highest BCUT2D eigenvalue weighted by atomic mass is 16.5. The van der Waals surface area contributed by atoms with Gasteiger partial charge in [-0.1, -0.05) is 37.1 Å². The van der Waals surface area contributed by atoms with Gasteiger partial charge in [0, 0.05) is 24.2 Å². The maximum Gasteiger partial charge on any atom is 0.254 e. The summed E-state index contributed by atoms with van der Waals surface area (Å²) in [5.41, 5.74) is 3.31. The zero-order valence-corrected chi connectivity index (χ0v) is 17.0. The van der Waals surface area contributed by atoms with Crippen molar-refractivity contribution in [3.05, 3.63) is 87.9 Å². The van der Waals surface area contributed by atoms with Crippen molar-refractivity contribution in [2.45, 2.75) is 52.2 Å². The fourth-order valence-electron chi connectivity index (χ4n) is 3.70. The van der Waals surface area contributed by atoms with E-state index in [1.807, 2.05) is 17.6 Å². The lowest BCUT2D eigenvalue weighted by Crippen LogP contribution is -2.25. The van der Waals surface area contributed by atoms with E-state index in [9.17, 15) is 4.79 Å². The SMILES string of the molecule is Cc1cc(OCc2ncccn2)cc(=O)n1[C@H](C)c1ccc(CCC2CC2)cc1. The third-order valence-corrected chi connectivity index (χ3v) is 5.61. The standard InChI is InChI=1S/C24H27N3O2/c1-17-14-22(29-16-23-25-12-3-13-26-23)15-24(28)27(17)18(2)21-10-8-20(9-11-21)7-6-19-4-5-19/h3,8-15,18-19H,4-7,16H2,1-2H3/t18-/m1/s1. The van der Waals surface area contributed by atoms with Crippen molar-refractivity contribution in [3.8, 4) is 5.75 Å². The van der Waals surface area contributed by atoms with Gasteiger partial charge in [0.05, 0.1) is 6.04 Å². The molecule has 3 aromatic rings. The molecule has 0 saturated heterocycles. The molecule has 1 aromatic carbocycles. The molecular formula is C24H27N3O2. The van der Waals surface area contributed by atoms with Crippen LogP contribution in [0.1, 0.15) is 54.9 Å². The van der Waals surface area contributed by atoms with Gasteiger partial charge in [-0.25, -0.2) is 9.97 Å². The highest BCUT2D eigenvalue weighted by Gasteiger charge is 2.20. The second-order valence-electron chi connectivity index (χ2n) is 7.89. The quantitative estimate of drug-likeness (QED) is 0.570. The minimum absolute atomic E-state index is 0.0357. The van der Waals surface area contributed by atoms with Crippen molar-refractivity contribution in [3.63, 3.8) is 0 Å². The molecule has 29 heavy (non-hydrogen) atoms.